The van der Waals surface area contributed by atoms with Crippen molar-refractivity contribution in [1.29, 1.82) is 0 Å². The number of piperidine rings is 1. The van der Waals surface area contributed by atoms with Gasteiger partial charge in [0.05, 0.1) is 29.5 Å². The Labute approximate surface area is 205 Å². The van der Waals surface area contributed by atoms with E-state index in [-0.39, 0.29) is 67.0 Å². The molecule has 1 aromatic carbocycles. The van der Waals surface area contributed by atoms with Crippen LogP contribution in [-0.4, -0.2) is 50.2 Å². The molecular formula is C23H21F7N6O. The van der Waals surface area contributed by atoms with Crippen LogP contribution < -0.4 is 4.90 Å². The van der Waals surface area contributed by atoms with Gasteiger partial charge in [-0.2, -0.15) is 26.3 Å². The van der Waals surface area contributed by atoms with Crippen LogP contribution in [0.2, 0.25) is 0 Å². The van der Waals surface area contributed by atoms with Gasteiger partial charge in [-0.3, -0.25) is 9.78 Å². The Morgan fingerprint density at radius 2 is 1.78 bits per heavy atom. The number of pyridine rings is 1. The van der Waals surface area contributed by atoms with Crippen LogP contribution in [0.15, 0.2) is 24.4 Å². The van der Waals surface area contributed by atoms with Gasteiger partial charge < -0.3 is 14.4 Å². The lowest BCUT2D eigenvalue weighted by molar-refractivity contribution is -0.148. The van der Waals surface area contributed by atoms with Crippen molar-refractivity contribution in [3.05, 3.63) is 47.4 Å². The molecule has 14 heteroatoms. The lowest BCUT2D eigenvalue weighted by atomic mass is 9.85. The number of aromatic nitrogens is 4. The van der Waals surface area contributed by atoms with E-state index in [1.165, 1.54) is 11.0 Å². The number of anilines is 1. The summed E-state index contributed by atoms with van der Waals surface area (Å²) < 4.78 is 94.4. The lowest BCUT2D eigenvalue weighted by Gasteiger charge is -2.40. The maximum atomic E-state index is 14.8. The molecule has 0 saturated carbocycles. The fraction of sp³-hybridized carbons (Fsp3) is 0.478. The average Bonchev–Trinajstić information content (AvgIpc) is 3.26. The van der Waals surface area contributed by atoms with E-state index in [1.54, 1.807) is 4.90 Å². The topological polar surface area (TPSA) is 67.2 Å². The number of benzene rings is 1. The molecule has 3 aromatic rings. The van der Waals surface area contributed by atoms with E-state index >= 15 is 0 Å². The largest absolute Gasteiger partial charge is 0.451 e. The van der Waals surface area contributed by atoms with E-state index in [0.29, 0.717) is 6.42 Å². The first kappa shape index (κ1) is 25.2. The number of alkyl halides is 6. The van der Waals surface area contributed by atoms with Gasteiger partial charge in [0.1, 0.15) is 0 Å². The summed E-state index contributed by atoms with van der Waals surface area (Å²) in [6.45, 7) is 2.23. The van der Waals surface area contributed by atoms with Crippen LogP contribution in [0, 0.1) is 17.7 Å². The van der Waals surface area contributed by atoms with Gasteiger partial charge in [0.2, 0.25) is 11.7 Å². The highest BCUT2D eigenvalue weighted by Gasteiger charge is 2.41. The van der Waals surface area contributed by atoms with Crippen LogP contribution in [0.1, 0.15) is 30.6 Å². The molecule has 5 rings (SSSR count). The van der Waals surface area contributed by atoms with E-state index in [1.807, 2.05) is 6.92 Å². The first-order valence-electron chi connectivity index (χ1n) is 11.5. The van der Waals surface area contributed by atoms with Crippen molar-refractivity contribution in [3.8, 4) is 0 Å². The van der Waals surface area contributed by atoms with Crippen molar-refractivity contribution in [2.45, 2.75) is 38.8 Å². The van der Waals surface area contributed by atoms with Crippen molar-refractivity contribution in [2.75, 3.05) is 24.5 Å². The zero-order valence-electron chi connectivity index (χ0n) is 19.4. The molecule has 1 fully saturated rings. The number of nitrogens with zero attached hydrogens (tertiary/aromatic N) is 6. The lowest BCUT2D eigenvalue weighted by Crippen LogP contribution is -2.49. The van der Waals surface area contributed by atoms with Gasteiger partial charge in [0.15, 0.2) is 11.6 Å². The summed E-state index contributed by atoms with van der Waals surface area (Å²) in [6, 6.07) is 2.95. The number of halogens is 7. The number of fused-ring (bicyclic) bond motifs is 2. The summed E-state index contributed by atoms with van der Waals surface area (Å²) >= 11 is 0. The third-order valence-electron chi connectivity index (χ3n) is 6.98. The Morgan fingerprint density at radius 3 is 2.46 bits per heavy atom. The molecule has 4 heterocycles. The molecule has 0 aliphatic carbocycles. The standard InChI is InChI=1S/C23H21F7N6O/c1-12-10-34(19-15-3-2-13(22(25,26)27)8-17(15)31-9-16(19)24)5-4-14(12)20(37)35-6-7-36-18(11-35)32-33-21(36)23(28,29)30/h2-3,8-9,12,14H,4-7,10-11H2,1H3/t12-,14?/m1/s1. The summed E-state index contributed by atoms with van der Waals surface area (Å²) in [5, 5.41) is 7.07. The number of hydrogen-bond donors (Lipinski definition) is 0. The molecule has 1 amide bonds. The Hall–Kier alpha value is -3.45. The molecule has 0 bridgehead atoms. The third kappa shape index (κ3) is 4.57. The summed E-state index contributed by atoms with van der Waals surface area (Å²) in [4.78, 5) is 20.2. The maximum absolute atomic E-state index is 14.8. The van der Waals surface area contributed by atoms with Crippen molar-refractivity contribution >= 4 is 22.5 Å². The number of rotatable bonds is 2. The molecule has 2 aromatic heterocycles. The van der Waals surface area contributed by atoms with E-state index in [9.17, 15) is 35.5 Å². The van der Waals surface area contributed by atoms with Gasteiger partial charge in [-0.05, 0) is 24.5 Å². The Balaban J connectivity index is 1.32. The van der Waals surface area contributed by atoms with Crippen molar-refractivity contribution < 1.29 is 35.5 Å². The van der Waals surface area contributed by atoms with Gasteiger partial charge in [0.25, 0.3) is 0 Å². The molecule has 0 spiro atoms. The minimum Gasteiger partial charge on any atom is -0.368 e. The van der Waals surface area contributed by atoms with Crippen molar-refractivity contribution in [3.63, 3.8) is 0 Å². The number of carbonyl (C=O) groups is 1. The summed E-state index contributed by atoms with van der Waals surface area (Å²) in [7, 11) is 0. The van der Waals surface area contributed by atoms with E-state index in [4.69, 9.17) is 0 Å². The Bertz CT molecular complexity index is 1350. The number of carbonyl (C=O) groups excluding carboxylic acids is 1. The highest BCUT2D eigenvalue weighted by atomic mass is 19.4. The molecular weight excluding hydrogens is 509 g/mol. The fourth-order valence-corrected chi connectivity index (χ4v) is 5.16. The second-order valence-corrected chi connectivity index (χ2v) is 9.35. The number of hydrogen-bond acceptors (Lipinski definition) is 5. The van der Waals surface area contributed by atoms with Gasteiger partial charge >= 0.3 is 12.4 Å². The van der Waals surface area contributed by atoms with Crippen LogP contribution in [0.25, 0.3) is 10.9 Å². The highest BCUT2D eigenvalue weighted by Crippen LogP contribution is 2.37. The minimum absolute atomic E-state index is 0.00716. The van der Waals surface area contributed by atoms with Crippen LogP contribution in [0.4, 0.5) is 36.4 Å². The zero-order chi connectivity index (χ0) is 26.7. The first-order valence-corrected chi connectivity index (χ1v) is 11.5. The molecule has 2 aliphatic heterocycles. The predicted molar refractivity (Wildman–Crippen MR) is 117 cm³/mol. The monoisotopic (exact) mass is 530 g/mol. The summed E-state index contributed by atoms with van der Waals surface area (Å²) in [6.07, 6.45) is -7.98. The van der Waals surface area contributed by atoms with Gasteiger partial charge in [-0.1, -0.05) is 13.0 Å². The predicted octanol–water partition coefficient (Wildman–Crippen LogP) is 4.51. The second kappa shape index (κ2) is 8.84. The average molecular weight is 530 g/mol. The smallest absolute Gasteiger partial charge is 0.368 e. The molecule has 2 aliphatic rings. The first-order chi connectivity index (χ1) is 17.3. The van der Waals surface area contributed by atoms with Crippen LogP contribution in [0.3, 0.4) is 0 Å². The van der Waals surface area contributed by atoms with Crippen LogP contribution in [0.5, 0.6) is 0 Å². The van der Waals surface area contributed by atoms with Gasteiger partial charge in [-0.25, -0.2) is 4.39 Å². The maximum Gasteiger partial charge on any atom is 0.451 e. The van der Waals surface area contributed by atoms with Crippen molar-refractivity contribution in [2.24, 2.45) is 11.8 Å². The normalized spacial score (nSPS) is 20.9. The van der Waals surface area contributed by atoms with Crippen molar-refractivity contribution in [1.82, 2.24) is 24.6 Å². The SMILES string of the molecule is C[C@@H]1CN(c2c(F)cnc3cc(C(F)(F)F)ccc23)CCC1C(=O)N1CCn2c(nnc2C(F)(F)F)C1. The third-order valence-corrected chi connectivity index (χ3v) is 6.98. The highest BCUT2D eigenvalue weighted by molar-refractivity contribution is 5.92. The molecule has 37 heavy (non-hydrogen) atoms. The Morgan fingerprint density at radius 1 is 1.03 bits per heavy atom. The molecule has 7 nitrogen and oxygen atoms in total. The van der Waals surface area contributed by atoms with E-state index < -0.39 is 35.5 Å². The fourth-order valence-electron chi connectivity index (χ4n) is 5.16. The molecule has 2 atom stereocenters. The molecule has 198 valence electrons. The molecule has 1 saturated heterocycles. The van der Waals surface area contributed by atoms with Gasteiger partial charge in [-0.15, -0.1) is 10.2 Å². The zero-order valence-corrected chi connectivity index (χ0v) is 19.4. The quantitative estimate of drug-likeness (QED) is 0.457. The summed E-state index contributed by atoms with van der Waals surface area (Å²) in [5.41, 5.74) is -0.752. The van der Waals surface area contributed by atoms with Crippen LogP contribution >= 0.6 is 0 Å². The molecule has 0 radical (unpaired) electrons. The van der Waals surface area contributed by atoms with E-state index in [2.05, 4.69) is 15.2 Å². The van der Waals surface area contributed by atoms with Gasteiger partial charge in [0, 0.05) is 37.5 Å². The summed E-state index contributed by atoms with van der Waals surface area (Å²) in [5.74, 6) is -2.67. The molecule has 0 N–H and O–H groups in total. The van der Waals surface area contributed by atoms with E-state index in [0.717, 1.165) is 22.9 Å². The Kier molecular flexibility index (Phi) is 6.02. The number of amides is 1. The minimum atomic E-state index is -4.64. The molecule has 1 unspecified atom stereocenters. The second-order valence-electron chi connectivity index (χ2n) is 9.35. The van der Waals surface area contributed by atoms with Crippen LogP contribution in [-0.2, 0) is 30.2 Å².